The fourth-order valence-corrected chi connectivity index (χ4v) is 2.05. The molecule has 0 bridgehead atoms. The monoisotopic (exact) mass is 329 g/mol. The Balaban J connectivity index is 3.46. The van der Waals surface area contributed by atoms with Crippen LogP contribution in [0.1, 0.15) is 34.6 Å². The number of hydrogen-bond donors (Lipinski definition) is 0. The Labute approximate surface area is 118 Å². The van der Waals surface area contributed by atoms with Crippen LogP contribution in [0.4, 0.5) is 5.69 Å². The number of carbonyl (C=O) groups excluding carboxylic acids is 2. The Morgan fingerprint density at radius 2 is 2.11 bits per heavy atom. The van der Waals surface area contributed by atoms with Crippen molar-refractivity contribution < 1.29 is 19.2 Å². The molecule has 0 aromatic heterocycles. The van der Waals surface area contributed by atoms with Gasteiger partial charge in [0.05, 0.1) is 22.7 Å². The number of benzene rings is 1. The summed E-state index contributed by atoms with van der Waals surface area (Å²) in [6.45, 7) is 3.06. The number of ketones is 1. The summed E-state index contributed by atoms with van der Waals surface area (Å²) in [6.07, 6.45) is 0. The molecule has 0 N–H and O–H groups in total. The van der Waals surface area contributed by atoms with Gasteiger partial charge in [0, 0.05) is 6.07 Å². The smallest absolute Gasteiger partial charge is 0.338 e. The van der Waals surface area contributed by atoms with E-state index in [0.717, 1.165) is 0 Å². The fraction of sp³-hybridized carbons (Fsp3) is 0.333. The first-order valence-electron chi connectivity index (χ1n) is 5.49. The van der Waals surface area contributed by atoms with E-state index in [0.29, 0.717) is 0 Å². The largest absolute Gasteiger partial charge is 0.462 e. The van der Waals surface area contributed by atoms with Gasteiger partial charge in [-0.1, -0.05) is 22.0 Å². The number of carbonyl (C=O) groups is 2. The molecule has 1 rings (SSSR count). The van der Waals surface area contributed by atoms with Crippen LogP contribution in [-0.4, -0.2) is 23.3 Å². The fourth-order valence-electron chi connectivity index (χ4n) is 1.57. The molecule has 6 nitrogen and oxygen atoms in total. The summed E-state index contributed by atoms with van der Waals surface area (Å²) in [5, 5.41) is 11.0. The Morgan fingerprint density at radius 1 is 1.47 bits per heavy atom. The molecule has 0 saturated heterocycles. The summed E-state index contributed by atoms with van der Waals surface area (Å²) in [7, 11) is 0. The molecular weight excluding hydrogens is 318 g/mol. The number of rotatable bonds is 5. The summed E-state index contributed by atoms with van der Waals surface area (Å²) in [5.74, 6) is -1.02. The van der Waals surface area contributed by atoms with Crippen LogP contribution in [0.5, 0.6) is 0 Å². The molecule has 0 heterocycles. The van der Waals surface area contributed by atoms with Gasteiger partial charge in [-0.25, -0.2) is 4.79 Å². The van der Waals surface area contributed by atoms with E-state index in [1.54, 1.807) is 6.92 Å². The third-order valence-electron chi connectivity index (χ3n) is 2.39. The molecule has 0 spiro atoms. The van der Waals surface area contributed by atoms with Crippen molar-refractivity contribution >= 4 is 33.4 Å². The quantitative estimate of drug-likeness (QED) is 0.359. The molecule has 1 atom stereocenters. The Kier molecular flexibility index (Phi) is 5.17. The predicted octanol–water partition coefficient (Wildman–Crippen LogP) is 2.80. The minimum Gasteiger partial charge on any atom is -0.462 e. The van der Waals surface area contributed by atoms with Gasteiger partial charge < -0.3 is 4.74 Å². The van der Waals surface area contributed by atoms with Crippen molar-refractivity contribution in [2.75, 3.05) is 6.61 Å². The molecule has 0 aliphatic heterocycles. The maximum Gasteiger partial charge on any atom is 0.338 e. The van der Waals surface area contributed by atoms with E-state index < -0.39 is 15.7 Å². The number of hydrogen-bond acceptors (Lipinski definition) is 5. The molecule has 1 aromatic carbocycles. The lowest BCUT2D eigenvalue weighted by Crippen LogP contribution is -2.14. The van der Waals surface area contributed by atoms with Gasteiger partial charge in [-0.2, -0.15) is 0 Å². The number of halogens is 1. The Hall–Kier alpha value is -1.76. The van der Waals surface area contributed by atoms with Gasteiger partial charge in [0.15, 0.2) is 0 Å². The van der Waals surface area contributed by atoms with Crippen LogP contribution in [0, 0.1) is 10.1 Å². The van der Waals surface area contributed by atoms with Gasteiger partial charge in [-0.05, 0) is 19.9 Å². The van der Waals surface area contributed by atoms with E-state index in [4.69, 9.17) is 4.74 Å². The lowest BCUT2D eigenvalue weighted by atomic mass is 10.0. The first-order chi connectivity index (χ1) is 8.90. The van der Waals surface area contributed by atoms with Gasteiger partial charge in [-0.3, -0.25) is 14.9 Å². The maximum atomic E-state index is 11.8. The molecule has 0 aliphatic rings. The molecule has 19 heavy (non-hydrogen) atoms. The number of alkyl halides is 1. The Bertz CT molecular complexity index is 529. The van der Waals surface area contributed by atoms with Crippen LogP contribution in [0.15, 0.2) is 18.2 Å². The minimum atomic E-state index is -0.923. The van der Waals surface area contributed by atoms with Gasteiger partial charge in [0.1, 0.15) is 10.6 Å². The normalized spacial score (nSPS) is 11.7. The Morgan fingerprint density at radius 3 is 2.58 bits per heavy atom. The van der Waals surface area contributed by atoms with Crippen molar-refractivity contribution in [3.63, 3.8) is 0 Å². The third kappa shape index (κ3) is 3.37. The van der Waals surface area contributed by atoms with Gasteiger partial charge >= 0.3 is 5.97 Å². The molecule has 0 amide bonds. The summed E-state index contributed by atoms with van der Waals surface area (Å²) >= 11 is 3.08. The summed E-state index contributed by atoms with van der Waals surface area (Å²) in [4.78, 5) is 32.7. The van der Waals surface area contributed by atoms with Crippen LogP contribution < -0.4 is 0 Å². The van der Waals surface area contributed by atoms with Crippen molar-refractivity contribution in [2.45, 2.75) is 18.7 Å². The van der Waals surface area contributed by atoms with Crippen LogP contribution in [0.3, 0.4) is 0 Å². The van der Waals surface area contributed by atoms with Gasteiger partial charge in [0.25, 0.3) is 5.69 Å². The number of Topliss-reactive ketones (excluding diaryl/α,β-unsaturated/α-hetero) is 1. The molecular formula is C12H12BrNO5. The maximum absolute atomic E-state index is 11.8. The number of esters is 1. The van der Waals surface area contributed by atoms with Gasteiger partial charge in [0.2, 0.25) is 0 Å². The molecule has 0 aliphatic carbocycles. The SMILES string of the molecule is CCOC(=O)c1cccc([N+](=O)[O-])c1C(Br)C(C)=O. The highest BCUT2D eigenvalue weighted by atomic mass is 79.9. The number of ether oxygens (including phenoxy) is 1. The lowest BCUT2D eigenvalue weighted by Gasteiger charge is -2.12. The van der Waals surface area contributed by atoms with Crippen molar-refractivity contribution in [2.24, 2.45) is 0 Å². The van der Waals surface area contributed by atoms with Crippen LogP contribution >= 0.6 is 15.9 Å². The van der Waals surface area contributed by atoms with Crippen LogP contribution in [0.25, 0.3) is 0 Å². The van der Waals surface area contributed by atoms with E-state index in [1.165, 1.54) is 25.1 Å². The highest BCUT2D eigenvalue weighted by Crippen LogP contribution is 2.35. The number of nitro benzene ring substituents is 1. The first-order valence-corrected chi connectivity index (χ1v) is 6.40. The van der Waals surface area contributed by atoms with Crippen molar-refractivity contribution in [1.82, 2.24) is 0 Å². The van der Waals surface area contributed by atoms with Crippen LogP contribution in [0.2, 0.25) is 0 Å². The zero-order valence-corrected chi connectivity index (χ0v) is 12.0. The van der Waals surface area contributed by atoms with Crippen molar-refractivity contribution in [1.29, 1.82) is 0 Å². The van der Waals surface area contributed by atoms with E-state index in [2.05, 4.69) is 15.9 Å². The summed E-state index contributed by atoms with van der Waals surface area (Å²) < 4.78 is 4.84. The first kappa shape index (κ1) is 15.3. The molecule has 0 saturated carbocycles. The van der Waals surface area contributed by atoms with Gasteiger partial charge in [-0.15, -0.1) is 0 Å². The van der Waals surface area contributed by atoms with E-state index >= 15 is 0 Å². The number of nitrogens with zero attached hydrogens (tertiary/aromatic N) is 1. The van der Waals surface area contributed by atoms with E-state index in [9.17, 15) is 19.7 Å². The molecule has 0 fully saturated rings. The van der Waals surface area contributed by atoms with Crippen LogP contribution in [-0.2, 0) is 9.53 Å². The molecule has 1 unspecified atom stereocenters. The molecule has 0 radical (unpaired) electrons. The average molecular weight is 330 g/mol. The van der Waals surface area contributed by atoms with E-state index in [-0.39, 0.29) is 29.2 Å². The van der Waals surface area contributed by atoms with Crippen molar-refractivity contribution in [3.8, 4) is 0 Å². The molecule has 102 valence electrons. The highest BCUT2D eigenvalue weighted by Gasteiger charge is 2.29. The second kappa shape index (κ2) is 6.42. The summed E-state index contributed by atoms with van der Waals surface area (Å²) in [5.41, 5.74) is -0.241. The summed E-state index contributed by atoms with van der Waals surface area (Å²) in [6, 6.07) is 4.03. The minimum absolute atomic E-state index is 0.0214. The average Bonchev–Trinajstić information content (AvgIpc) is 2.36. The molecule has 7 heteroatoms. The molecule has 1 aromatic rings. The zero-order valence-electron chi connectivity index (χ0n) is 10.4. The van der Waals surface area contributed by atoms with E-state index in [1.807, 2.05) is 0 Å². The zero-order chi connectivity index (χ0) is 14.6. The lowest BCUT2D eigenvalue weighted by molar-refractivity contribution is -0.385. The van der Waals surface area contributed by atoms with Crippen molar-refractivity contribution in [3.05, 3.63) is 39.4 Å². The topological polar surface area (TPSA) is 86.5 Å². The predicted molar refractivity (Wildman–Crippen MR) is 71.4 cm³/mol. The number of nitro groups is 1. The second-order valence-corrected chi connectivity index (χ2v) is 4.60. The second-order valence-electron chi connectivity index (χ2n) is 3.69. The highest BCUT2D eigenvalue weighted by molar-refractivity contribution is 9.09. The standard InChI is InChI=1S/C12H12BrNO5/c1-3-19-12(16)8-5-4-6-9(14(17)18)10(8)11(13)7(2)15/h4-6,11H,3H2,1-2H3. The third-order valence-corrected chi connectivity index (χ3v) is 3.49.